The van der Waals surface area contributed by atoms with Crippen molar-refractivity contribution in [1.29, 1.82) is 15.8 Å². The van der Waals surface area contributed by atoms with Crippen molar-refractivity contribution in [1.82, 2.24) is 28.2 Å². The number of hydrogen-bond acceptors (Lipinski definition) is 9. The summed E-state index contributed by atoms with van der Waals surface area (Å²) in [6.45, 7) is 0. The Morgan fingerprint density at radius 3 is 0.789 bits per heavy atom. The minimum absolute atomic E-state index is 0.139. The molecule has 0 saturated carbocycles. The minimum Gasteiger partial charge on any atom is -0.268 e. The van der Waals surface area contributed by atoms with E-state index in [2.05, 4.69) is 127 Å². The molecule has 18 aromatic carbocycles. The number of imidazole rings is 3. The van der Waals surface area contributed by atoms with Crippen molar-refractivity contribution in [3.05, 3.63) is 430 Å². The topological polar surface area (TPSA) is 174 Å². The molecule has 24 aromatic rings. The van der Waals surface area contributed by atoms with Crippen molar-refractivity contribution in [3.8, 4) is 118 Å². The van der Waals surface area contributed by atoms with Gasteiger partial charge in [0.05, 0.1) is 68.0 Å². The number of rotatable bonds is 9. The van der Waals surface area contributed by atoms with Gasteiger partial charge in [0.25, 0.3) is 16.7 Å². The quantitative estimate of drug-likeness (QED) is 0.136. The van der Waals surface area contributed by atoms with Gasteiger partial charge in [-0.15, -0.1) is 0 Å². The minimum atomic E-state index is -0.140. The summed E-state index contributed by atoms with van der Waals surface area (Å²) in [5, 5.41) is 39.3. The van der Waals surface area contributed by atoms with Crippen LogP contribution in [0.3, 0.4) is 0 Å². The van der Waals surface area contributed by atoms with Gasteiger partial charge in [-0.2, -0.15) is 15.8 Å². The maximum absolute atomic E-state index is 14.4. The van der Waals surface area contributed by atoms with Crippen LogP contribution in [0.1, 0.15) is 16.7 Å². The second-order valence-electron chi connectivity index (χ2n) is 30.7. The summed E-state index contributed by atoms with van der Waals surface area (Å²) < 4.78 is 5.26. The van der Waals surface area contributed by atoms with Crippen LogP contribution in [0, 0.1) is 34.0 Å². The van der Waals surface area contributed by atoms with Crippen molar-refractivity contribution in [3.63, 3.8) is 0 Å². The third-order valence-electron chi connectivity index (χ3n) is 24.0. The highest BCUT2D eigenvalue weighted by molar-refractivity contribution is 6.24. The smallest absolute Gasteiger partial charge is 0.264 e. The lowest BCUT2D eigenvalue weighted by molar-refractivity contribution is 1.19. The molecule has 0 amide bonds. The summed E-state index contributed by atoms with van der Waals surface area (Å²) in [6.07, 6.45) is 0. The molecule has 0 aliphatic rings. The van der Waals surface area contributed by atoms with Crippen LogP contribution < -0.4 is 16.7 Å². The molecular weight excluding hydrogens is 1510 g/mol. The third kappa shape index (κ3) is 11.7. The van der Waals surface area contributed by atoms with E-state index in [1.54, 1.807) is 25.3 Å². The van der Waals surface area contributed by atoms with Crippen LogP contribution in [-0.2, 0) is 0 Å². The summed E-state index contributed by atoms with van der Waals surface area (Å²) >= 11 is 0. The van der Waals surface area contributed by atoms with Gasteiger partial charge in [-0.25, -0.2) is 15.0 Å². The molecule has 0 radical (unpaired) electrons. The molecule has 0 aliphatic heterocycles. The molecule has 0 aliphatic carbocycles. The molecular formula is C111H63N9O3. The highest BCUT2D eigenvalue weighted by atomic mass is 16.1. The Bertz CT molecular complexity index is 8310. The van der Waals surface area contributed by atoms with E-state index in [9.17, 15) is 30.2 Å². The summed E-state index contributed by atoms with van der Waals surface area (Å²) in [5.74, 6) is 0. The molecule has 0 bridgehead atoms. The van der Waals surface area contributed by atoms with Gasteiger partial charge in [-0.05, 0) is 174 Å². The van der Waals surface area contributed by atoms with Crippen LogP contribution in [-0.4, -0.2) is 28.2 Å². The number of aromatic nitrogens is 6. The van der Waals surface area contributed by atoms with E-state index in [1.165, 1.54) is 0 Å². The molecule has 0 unspecified atom stereocenters. The van der Waals surface area contributed by atoms with Gasteiger partial charge < -0.3 is 0 Å². The molecule has 0 saturated heterocycles. The first-order chi connectivity index (χ1) is 60.7. The molecule has 24 rings (SSSR count). The van der Waals surface area contributed by atoms with Crippen LogP contribution in [0.5, 0.6) is 0 Å². The molecule has 12 nitrogen and oxygen atoms in total. The van der Waals surface area contributed by atoms with Gasteiger partial charge >= 0.3 is 0 Å². The molecule has 570 valence electrons. The third-order valence-corrected chi connectivity index (χ3v) is 24.0. The maximum atomic E-state index is 14.4. The number of benzene rings is 18. The first-order valence-corrected chi connectivity index (χ1v) is 40.5. The lowest BCUT2D eigenvalue weighted by Crippen LogP contribution is -2.14. The fourth-order valence-corrected chi connectivity index (χ4v) is 18.4. The molecule has 0 N–H and O–H groups in total. The molecule has 0 spiro atoms. The Balaban J connectivity index is 0.000000110. The summed E-state index contributed by atoms with van der Waals surface area (Å²) in [6, 6.07) is 134. The van der Waals surface area contributed by atoms with E-state index in [1.807, 2.05) is 261 Å². The Hall–Kier alpha value is -17.4. The van der Waals surface area contributed by atoms with E-state index in [0.29, 0.717) is 49.8 Å². The molecule has 123 heavy (non-hydrogen) atoms. The van der Waals surface area contributed by atoms with Gasteiger partial charge in [-0.3, -0.25) is 27.6 Å². The normalized spacial score (nSPS) is 11.5. The fraction of sp³-hybridized carbons (Fsp3) is 0. The van der Waals surface area contributed by atoms with Crippen molar-refractivity contribution >= 4 is 115 Å². The van der Waals surface area contributed by atoms with Crippen LogP contribution in [0.4, 0.5) is 0 Å². The van der Waals surface area contributed by atoms with Crippen molar-refractivity contribution < 1.29 is 0 Å². The Morgan fingerprint density at radius 1 is 0.211 bits per heavy atom. The van der Waals surface area contributed by atoms with E-state index >= 15 is 0 Å². The van der Waals surface area contributed by atoms with E-state index < -0.39 is 0 Å². The van der Waals surface area contributed by atoms with E-state index in [-0.39, 0.29) is 16.7 Å². The molecule has 6 aromatic heterocycles. The fourth-order valence-electron chi connectivity index (χ4n) is 18.4. The van der Waals surface area contributed by atoms with E-state index in [0.717, 1.165) is 182 Å². The molecule has 6 heterocycles. The summed E-state index contributed by atoms with van der Waals surface area (Å²) in [5.41, 5.74) is 25.6. The zero-order valence-corrected chi connectivity index (χ0v) is 65.6. The van der Waals surface area contributed by atoms with Crippen LogP contribution >= 0.6 is 0 Å². The number of pyridine rings is 3. The van der Waals surface area contributed by atoms with Crippen molar-refractivity contribution in [2.75, 3.05) is 0 Å². The molecule has 0 atom stereocenters. The number of nitriles is 3. The largest absolute Gasteiger partial charge is 0.268 e. The standard InChI is InChI=1S/3C37H21N3O/c38-22-26-16-17-30-34-29(19-18-28(33(26)34)24-12-6-2-7-13-24)36-39-35-31(25-14-8-3-9-15-25)20-27(23-10-4-1-5-11-23)21-32(35)40(36)37(30)41;38-22-26-16-17-29-34-30(19-18-28(33(26)34)24-12-6-2-7-13-24)37(41)40-32-21-27(23-10-4-1-5-11-23)20-31(35(32)39-36(29)40)25-14-8-3-9-15-25;38-22-26-16-17-29-34-30(19-18-28(33(26)34)24-12-6-2-7-13-24)37(41)40-35-31(25-14-8-3-9-15-25)20-27(21-32(35)39-36(29)40)23-10-4-1-5-11-23/h3*1-21H. The highest BCUT2D eigenvalue weighted by Gasteiger charge is 2.28. The average molecular weight is 1570 g/mol. The summed E-state index contributed by atoms with van der Waals surface area (Å²) in [7, 11) is 0. The number of hydrogen-bond donors (Lipinski definition) is 0. The monoisotopic (exact) mass is 1570 g/mol. The van der Waals surface area contributed by atoms with Gasteiger partial charge in [-0.1, -0.05) is 291 Å². The van der Waals surface area contributed by atoms with Gasteiger partial charge in [0.2, 0.25) is 0 Å². The van der Waals surface area contributed by atoms with Crippen molar-refractivity contribution in [2.24, 2.45) is 0 Å². The van der Waals surface area contributed by atoms with Gasteiger partial charge in [0.15, 0.2) is 0 Å². The van der Waals surface area contributed by atoms with Crippen LogP contribution in [0.15, 0.2) is 397 Å². The number of nitrogens with zero attached hydrogens (tertiary/aromatic N) is 9. The Morgan fingerprint density at radius 2 is 0.463 bits per heavy atom. The molecule has 12 heteroatoms. The zero-order valence-electron chi connectivity index (χ0n) is 65.6. The van der Waals surface area contributed by atoms with Gasteiger partial charge in [0.1, 0.15) is 16.9 Å². The first kappa shape index (κ1) is 72.1. The molecule has 0 fully saturated rings. The maximum Gasteiger partial charge on any atom is 0.264 e. The Labute approximate surface area is 702 Å². The highest BCUT2D eigenvalue weighted by Crippen LogP contribution is 2.46. The average Bonchev–Trinajstić information content (AvgIpc) is 1.62. The Kier molecular flexibility index (Phi) is 17.2. The van der Waals surface area contributed by atoms with Crippen molar-refractivity contribution in [2.45, 2.75) is 0 Å². The van der Waals surface area contributed by atoms with E-state index in [4.69, 9.17) is 15.0 Å². The first-order valence-electron chi connectivity index (χ1n) is 40.5. The SMILES string of the molecule is N#Cc1ccc2c(=O)n3c4cc(-c5ccccc5)cc(-c5ccccc5)c4nc3c3ccc(-c4ccccc4)c1c23.N#Cc1ccc2c3c1c(-c1ccccc1)ccc3c(=O)n1c2nc2cc(-c3ccccc3)cc(-c3ccccc3)c21.N#Cc1ccc2c3c1c(-c1ccccc1)ccc3c(=O)n1c3cc(-c4ccccc4)cc(-c4ccccc4)c3nc21. The van der Waals surface area contributed by atoms with Gasteiger partial charge in [0, 0.05) is 81.3 Å². The second kappa shape index (κ2) is 29.4. The zero-order chi connectivity index (χ0) is 82.5. The lowest BCUT2D eigenvalue weighted by Gasteiger charge is -2.14. The second-order valence-corrected chi connectivity index (χ2v) is 30.7. The number of fused-ring (bicyclic) bond motifs is 12. The summed E-state index contributed by atoms with van der Waals surface area (Å²) in [4.78, 5) is 58.5. The van der Waals surface area contributed by atoms with Crippen LogP contribution in [0.25, 0.3) is 215 Å². The lowest BCUT2D eigenvalue weighted by atomic mass is 9.91. The predicted molar refractivity (Wildman–Crippen MR) is 499 cm³/mol. The van der Waals surface area contributed by atoms with Crippen LogP contribution in [0.2, 0.25) is 0 Å². The predicted octanol–water partition coefficient (Wildman–Crippen LogP) is 25.4.